The van der Waals surface area contributed by atoms with Crippen molar-refractivity contribution in [3.8, 4) is 5.75 Å². The molecule has 0 aliphatic heterocycles. The number of halogens is 2. The van der Waals surface area contributed by atoms with Crippen LogP contribution in [-0.4, -0.2) is 25.7 Å². The standard InChI is InChI=1S/C17H16F2N2O/c1-11(12-4-7-14(18)8-5-12)21-17(20-2)13-6-9-15(19)16(10-13)22-3/h4-10H,1-3H3. The molecular weight excluding hydrogens is 286 g/mol. The number of ether oxygens (including phenoxy) is 1. The van der Waals surface area contributed by atoms with E-state index in [0.29, 0.717) is 17.1 Å². The Morgan fingerprint density at radius 3 is 2.23 bits per heavy atom. The highest BCUT2D eigenvalue weighted by molar-refractivity contribution is 6.11. The summed E-state index contributed by atoms with van der Waals surface area (Å²) < 4.78 is 31.4. The maximum Gasteiger partial charge on any atom is 0.165 e. The van der Waals surface area contributed by atoms with E-state index in [1.165, 1.54) is 25.3 Å². The summed E-state index contributed by atoms with van der Waals surface area (Å²) >= 11 is 0. The summed E-state index contributed by atoms with van der Waals surface area (Å²) in [5, 5.41) is 0. The average Bonchev–Trinajstić information content (AvgIpc) is 2.53. The van der Waals surface area contributed by atoms with Gasteiger partial charge in [-0.05, 0) is 42.8 Å². The lowest BCUT2D eigenvalue weighted by Gasteiger charge is -2.07. The Labute approximate surface area is 128 Å². The second-order valence-electron chi connectivity index (χ2n) is 4.60. The van der Waals surface area contributed by atoms with E-state index < -0.39 is 5.82 Å². The summed E-state index contributed by atoms with van der Waals surface area (Å²) in [4.78, 5) is 8.56. The number of rotatable bonds is 3. The second-order valence-corrected chi connectivity index (χ2v) is 4.60. The molecule has 0 aliphatic rings. The van der Waals surface area contributed by atoms with Crippen LogP contribution < -0.4 is 4.74 Å². The number of methoxy groups -OCH3 is 1. The molecule has 3 nitrogen and oxygen atoms in total. The van der Waals surface area contributed by atoms with Gasteiger partial charge in [0.2, 0.25) is 0 Å². The number of hydrogen-bond donors (Lipinski definition) is 0. The van der Waals surface area contributed by atoms with Gasteiger partial charge in [-0.25, -0.2) is 13.8 Å². The average molecular weight is 302 g/mol. The van der Waals surface area contributed by atoms with Gasteiger partial charge in [0, 0.05) is 18.3 Å². The van der Waals surface area contributed by atoms with Crippen molar-refractivity contribution < 1.29 is 13.5 Å². The largest absolute Gasteiger partial charge is 0.494 e. The van der Waals surface area contributed by atoms with Crippen molar-refractivity contribution in [3.05, 3.63) is 65.2 Å². The number of nitrogens with zero attached hydrogens (tertiary/aromatic N) is 2. The van der Waals surface area contributed by atoms with E-state index in [4.69, 9.17) is 4.74 Å². The highest BCUT2D eigenvalue weighted by atomic mass is 19.1. The van der Waals surface area contributed by atoms with Crippen molar-refractivity contribution in [1.82, 2.24) is 0 Å². The molecule has 0 aromatic heterocycles. The lowest BCUT2D eigenvalue weighted by Crippen LogP contribution is -2.04. The molecule has 2 rings (SSSR count). The molecule has 114 valence electrons. The Morgan fingerprint density at radius 1 is 1.00 bits per heavy atom. The molecule has 0 amide bonds. The predicted molar refractivity (Wildman–Crippen MR) is 84.0 cm³/mol. The van der Waals surface area contributed by atoms with Crippen molar-refractivity contribution >= 4 is 11.5 Å². The highest BCUT2D eigenvalue weighted by Crippen LogP contribution is 2.19. The van der Waals surface area contributed by atoms with Crippen molar-refractivity contribution in [1.29, 1.82) is 0 Å². The molecular formula is C17H16F2N2O. The lowest BCUT2D eigenvalue weighted by molar-refractivity contribution is 0.386. The van der Waals surface area contributed by atoms with Gasteiger partial charge < -0.3 is 4.74 Å². The number of hydrogen-bond acceptors (Lipinski definition) is 2. The lowest BCUT2D eigenvalue weighted by atomic mass is 10.1. The van der Waals surface area contributed by atoms with Gasteiger partial charge in [0.15, 0.2) is 17.4 Å². The molecule has 0 heterocycles. The molecule has 0 N–H and O–H groups in total. The molecule has 0 radical (unpaired) electrons. The van der Waals surface area contributed by atoms with Gasteiger partial charge in [-0.1, -0.05) is 12.1 Å². The fourth-order valence-corrected chi connectivity index (χ4v) is 1.96. The van der Waals surface area contributed by atoms with Gasteiger partial charge in [0.1, 0.15) is 5.82 Å². The van der Waals surface area contributed by atoms with E-state index in [-0.39, 0.29) is 11.6 Å². The Bertz CT molecular complexity index is 722. The number of aliphatic imine (C=N–C) groups is 2. The zero-order chi connectivity index (χ0) is 16.1. The third-order valence-corrected chi connectivity index (χ3v) is 3.16. The SMILES string of the molecule is CN=C(N=C(C)c1ccc(F)cc1)c1ccc(F)c(OC)c1. The van der Waals surface area contributed by atoms with Crippen molar-refractivity contribution in [2.45, 2.75) is 6.92 Å². The van der Waals surface area contributed by atoms with Gasteiger partial charge in [0.05, 0.1) is 7.11 Å². The molecule has 0 saturated carbocycles. The fourth-order valence-electron chi connectivity index (χ4n) is 1.96. The van der Waals surface area contributed by atoms with Crippen LogP contribution in [0.25, 0.3) is 0 Å². The van der Waals surface area contributed by atoms with E-state index in [2.05, 4.69) is 9.98 Å². The molecule has 2 aromatic carbocycles. The van der Waals surface area contributed by atoms with Crippen LogP contribution in [0, 0.1) is 11.6 Å². The van der Waals surface area contributed by atoms with Crippen LogP contribution in [0.15, 0.2) is 52.4 Å². The first kappa shape index (κ1) is 15.8. The van der Waals surface area contributed by atoms with Gasteiger partial charge in [0.25, 0.3) is 0 Å². The van der Waals surface area contributed by atoms with Crippen LogP contribution in [0.1, 0.15) is 18.1 Å². The Hall–Kier alpha value is -2.56. The topological polar surface area (TPSA) is 34.0 Å². The van der Waals surface area contributed by atoms with E-state index in [1.807, 2.05) is 0 Å². The van der Waals surface area contributed by atoms with E-state index in [9.17, 15) is 8.78 Å². The maximum absolute atomic E-state index is 13.5. The molecule has 0 bridgehead atoms. The van der Waals surface area contributed by atoms with Gasteiger partial charge in [-0.15, -0.1) is 0 Å². The van der Waals surface area contributed by atoms with Crippen molar-refractivity contribution in [3.63, 3.8) is 0 Å². The normalized spacial score (nSPS) is 12.4. The van der Waals surface area contributed by atoms with Crippen LogP contribution in [0.4, 0.5) is 8.78 Å². The molecule has 0 atom stereocenters. The fraction of sp³-hybridized carbons (Fsp3) is 0.176. The minimum atomic E-state index is -0.444. The van der Waals surface area contributed by atoms with Gasteiger partial charge in [-0.2, -0.15) is 0 Å². The van der Waals surface area contributed by atoms with Crippen LogP contribution >= 0.6 is 0 Å². The summed E-state index contributed by atoms with van der Waals surface area (Å²) in [6.45, 7) is 1.80. The third-order valence-electron chi connectivity index (χ3n) is 3.16. The summed E-state index contributed by atoms with van der Waals surface area (Å²) in [6, 6.07) is 10.5. The highest BCUT2D eigenvalue weighted by Gasteiger charge is 2.08. The monoisotopic (exact) mass is 302 g/mol. The Kier molecular flexibility index (Phi) is 4.99. The molecule has 0 fully saturated rings. The minimum absolute atomic E-state index is 0.133. The van der Waals surface area contributed by atoms with E-state index in [0.717, 1.165) is 5.56 Å². The molecule has 5 heteroatoms. The van der Waals surface area contributed by atoms with Gasteiger partial charge in [-0.3, -0.25) is 4.99 Å². The zero-order valence-corrected chi connectivity index (χ0v) is 12.6. The minimum Gasteiger partial charge on any atom is -0.494 e. The van der Waals surface area contributed by atoms with Crippen LogP contribution in [0.5, 0.6) is 5.75 Å². The van der Waals surface area contributed by atoms with Crippen LogP contribution in [0.3, 0.4) is 0 Å². The molecule has 0 saturated heterocycles. The molecule has 0 unspecified atom stereocenters. The summed E-state index contributed by atoms with van der Waals surface area (Å²) in [7, 11) is 3.00. The number of amidine groups is 1. The first-order chi connectivity index (χ1) is 10.5. The summed E-state index contributed by atoms with van der Waals surface area (Å²) in [5.41, 5.74) is 2.11. The maximum atomic E-state index is 13.5. The molecule has 0 spiro atoms. The first-order valence-corrected chi connectivity index (χ1v) is 6.67. The first-order valence-electron chi connectivity index (χ1n) is 6.67. The predicted octanol–water partition coefficient (Wildman–Crippen LogP) is 3.86. The molecule has 22 heavy (non-hydrogen) atoms. The van der Waals surface area contributed by atoms with Crippen LogP contribution in [0.2, 0.25) is 0 Å². The number of benzene rings is 2. The molecule has 2 aromatic rings. The third kappa shape index (κ3) is 3.55. The Morgan fingerprint density at radius 2 is 1.64 bits per heavy atom. The van der Waals surface area contributed by atoms with E-state index >= 15 is 0 Å². The smallest absolute Gasteiger partial charge is 0.165 e. The van der Waals surface area contributed by atoms with Crippen LogP contribution in [-0.2, 0) is 0 Å². The second kappa shape index (κ2) is 6.93. The molecule has 0 aliphatic carbocycles. The van der Waals surface area contributed by atoms with Crippen molar-refractivity contribution in [2.24, 2.45) is 9.98 Å². The quantitative estimate of drug-likeness (QED) is 0.626. The van der Waals surface area contributed by atoms with Crippen molar-refractivity contribution in [2.75, 3.05) is 14.2 Å². The summed E-state index contributed by atoms with van der Waals surface area (Å²) in [6.07, 6.45) is 0. The Balaban J connectivity index is 2.36. The summed E-state index contributed by atoms with van der Waals surface area (Å²) in [5.74, 6) is -0.168. The zero-order valence-electron chi connectivity index (χ0n) is 12.6. The van der Waals surface area contributed by atoms with E-state index in [1.54, 1.807) is 38.2 Å². The van der Waals surface area contributed by atoms with Gasteiger partial charge >= 0.3 is 0 Å².